The van der Waals surface area contributed by atoms with Crippen molar-refractivity contribution in [2.45, 2.75) is 45.2 Å². The minimum atomic E-state index is -0.279. The van der Waals surface area contributed by atoms with Crippen LogP contribution in [0.2, 0.25) is 0 Å². The average molecular weight is 408 g/mol. The van der Waals surface area contributed by atoms with E-state index in [-0.39, 0.29) is 30.5 Å². The van der Waals surface area contributed by atoms with Gasteiger partial charge in [0.25, 0.3) is 11.8 Å². The quantitative estimate of drug-likeness (QED) is 0.547. The third kappa shape index (κ3) is 4.02. The lowest BCUT2D eigenvalue weighted by molar-refractivity contribution is 0.0924. The van der Waals surface area contributed by atoms with Crippen molar-refractivity contribution in [2.24, 2.45) is 5.92 Å². The van der Waals surface area contributed by atoms with Crippen LogP contribution in [0.3, 0.4) is 0 Å². The van der Waals surface area contributed by atoms with E-state index >= 15 is 0 Å². The van der Waals surface area contributed by atoms with Crippen molar-refractivity contribution >= 4 is 11.6 Å². The van der Waals surface area contributed by atoms with Crippen LogP contribution < -0.4 is 20.1 Å². The van der Waals surface area contributed by atoms with Gasteiger partial charge in [-0.25, -0.2) is 4.98 Å². The van der Waals surface area contributed by atoms with Crippen LogP contribution in [0.1, 0.15) is 49.0 Å². The van der Waals surface area contributed by atoms with E-state index < -0.39 is 0 Å². The van der Waals surface area contributed by atoms with Gasteiger partial charge in [-0.2, -0.15) is 5.26 Å². The topological polar surface area (TPSA) is 117 Å². The van der Waals surface area contributed by atoms with Crippen LogP contribution >= 0.6 is 0 Å². The van der Waals surface area contributed by atoms with E-state index in [1.54, 1.807) is 18.2 Å². The van der Waals surface area contributed by atoms with Gasteiger partial charge >= 0.3 is 0 Å². The van der Waals surface area contributed by atoms with E-state index in [0.29, 0.717) is 46.4 Å². The summed E-state index contributed by atoms with van der Waals surface area (Å²) in [7, 11) is 0. The zero-order valence-corrected chi connectivity index (χ0v) is 16.9. The number of rotatable bonds is 7. The molecule has 2 aliphatic rings. The predicted molar refractivity (Wildman–Crippen MR) is 110 cm³/mol. The second-order valence-corrected chi connectivity index (χ2v) is 7.89. The van der Waals surface area contributed by atoms with E-state index in [1.165, 1.54) is 6.20 Å². The Balaban J connectivity index is 1.69. The number of ether oxygens (including phenoxy) is 2. The Morgan fingerprint density at radius 2 is 2.13 bits per heavy atom. The van der Waals surface area contributed by atoms with Crippen molar-refractivity contribution in [3.05, 3.63) is 35.5 Å². The number of nitriles is 1. The number of pyridine rings is 1. The minimum Gasteiger partial charge on any atom is -0.445 e. The second-order valence-electron chi connectivity index (χ2n) is 7.89. The van der Waals surface area contributed by atoms with Crippen LogP contribution in [0.5, 0.6) is 23.1 Å². The average Bonchev–Trinajstić information content (AvgIpc) is 3.57. The molecule has 1 fully saturated rings. The number of anilines is 1. The fourth-order valence-corrected chi connectivity index (χ4v) is 3.51. The number of nitrogens with one attached hydrogen (secondary N) is 2. The molecule has 8 heteroatoms. The first-order chi connectivity index (χ1) is 14.5. The molecule has 0 radical (unpaired) electrons. The fourth-order valence-electron chi connectivity index (χ4n) is 3.51. The maximum atomic E-state index is 13.1. The normalized spacial score (nSPS) is 15.2. The fraction of sp³-hybridized carbons (Fsp3) is 0.409. The van der Waals surface area contributed by atoms with Crippen LogP contribution in [-0.4, -0.2) is 34.7 Å². The van der Waals surface area contributed by atoms with Crippen molar-refractivity contribution in [3.63, 3.8) is 0 Å². The van der Waals surface area contributed by atoms with E-state index in [2.05, 4.69) is 21.7 Å². The molecule has 1 aromatic carbocycles. The van der Waals surface area contributed by atoms with Gasteiger partial charge in [-0.05, 0) is 51.2 Å². The largest absolute Gasteiger partial charge is 0.445 e. The Morgan fingerprint density at radius 1 is 1.33 bits per heavy atom. The summed E-state index contributed by atoms with van der Waals surface area (Å²) < 4.78 is 11.9. The van der Waals surface area contributed by atoms with Gasteiger partial charge in [-0.15, -0.1) is 0 Å². The molecule has 1 atom stereocenters. The SMILES string of the molecule is CC(C)Nc1c(C(=O)NC(CCO)C2CC2)cnc2c1Oc1cc(C#N)ccc1O2. The van der Waals surface area contributed by atoms with Crippen molar-refractivity contribution in [1.82, 2.24) is 10.3 Å². The van der Waals surface area contributed by atoms with Gasteiger partial charge in [0, 0.05) is 31.0 Å². The number of carbonyl (C=O) groups excluding carboxylic acids is 1. The van der Waals surface area contributed by atoms with Gasteiger partial charge in [-0.3, -0.25) is 4.79 Å². The molecule has 2 aromatic rings. The molecule has 1 saturated carbocycles. The number of aromatic nitrogens is 1. The number of hydrogen-bond donors (Lipinski definition) is 3. The Bertz CT molecular complexity index is 1010. The third-order valence-corrected chi connectivity index (χ3v) is 5.12. The third-order valence-electron chi connectivity index (χ3n) is 5.12. The van der Waals surface area contributed by atoms with Crippen LogP contribution in [0.25, 0.3) is 0 Å². The molecule has 0 bridgehead atoms. The summed E-state index contributed by atoms with van der Waals surface area (Å²) in [6.45, 7) is 3.94. The van der Waals surface area contributed by atoms with Crippen LogP contribution in [0, 0.1) is 17.2 Å². The molecule has 2 heterocycles. The highest BCUT2D eigenvalue weighted by Crippen LogP contribution is 2.49. The number of fused-ring (bicyclic) bond motifs is 2. The van der Waals surface area contributed by atoms with Gasteiger partial charge < -0.3 is 25.2 Å². The molecule has 0 spiro atoms. The van der Waals surface area contributed by atoms with Crippen molar-refractivity contribution in [1.29, 1.82) is 5.26 Å². The van der Waals surface area contributed by atoms with Gasteiger partial charge in [0.1, 0.15) is 0 Å². The first kappa shape index (κ1) is 20.0. The summed E-state index contributed by atoms with van der Waals surface area (Å²) in [6, 6.07) is 6.92. The molecular weight excluding hydrogens is 384 g/mol. The van der Waals surface area contributed by atoms with E-state index in [1.807, 2.05) is 13.8 Å². The van der Waals surface area contributed by atoms with Gasteiger partial charge in [0.15, 0.2) is 11.5 Å². The first-order valence-electron chi connectivity index (χ1n) is 10.1. The Morgan fingerprint density at radius 3 is 2.80 bits per heavy atom. The van der Waals surface area contributed by atoms with Crippen molar-refractivity contribution < 1.29 is 19.4 Å². The second kappa shape index (κ2) is 8.20. The Hall–Kier alpha value is -3.31. The maximum absolute atomic E-state index is 13.1. The molecule has 0 saturated heterocycles. The Labute approximate surface area is 174 Å². The molecule has 156 valence electrons. The standard InChI is InChI=1S/C22H24N4O4/c1-12(2)25-19-15(21(28)26-16(7-8-27)14-4-5-14)11-24-22-20(19)29-18-9-13(10-23)3-6-17(18)30-22/h3,6,9,11-12,14,16,27H,4-5,7-8H2,1-2H3,(H,24,25)(H,26,28). The van der Waals surface area contributed by atoms with Gasteiger partial charge in [0.2, 0.25) is 5.75 Å². The van der Waals surface area contributed by atoms with Gasteiger partial charge in [0.05, 0.1) is 22.9 Å². The molecule has 1 aromatic heterocycles. The molecule has 4 rings (SSSR count). The number of aliphatic hydroxyl groups is 1. The van der Waals surface area contributed by atoms with E-state index in [0.717, 1.165) is 12.8 Å². The molecular formula is C22H24N4O4. The minimum absolute atomic E-state index is 0.0233. The highest BCUT2D eigenvalue weighted by atomic mass is 16.6. The number of aliphatic hydroxyl groups excluding tert-OH is 1. The molecule has 1 amide bonds. The van der Waals surface area contributed by atoms with E-state index in [4.69, 9.17) is 14.7 Å². The monoisotopic (exact) mass is 408 g/mol. The smallest absolute Gasteiger partial charge is 0.265 e. The van der Waals surface area contributed by atoms with E-state index in [9.17, 15) is 9.90 Å². The van der Waals surface area contributed by atoms with Gasteiger partial charge in [-0.1, -0.05) is 0 Å². The zero-order valence-electron chi connectivity index (χ0n) is 16.9. The molecule has 30 heavy (non-hydrogen) atoms. The number of nitrogens with zero attached hydrogens (tertiary/aromatic N) is 2. The summed E-state index contributed by atoms with van der Waals surface area (Å²) in [4.78, 5) is 17.4. The number of benzene rings is 1. The lowest BCUT2D eigenvalue weighted by Gasteiger charge is -2.25. The molecule has 1 aliphatic carbocycles. The molecule has 1 unspecified atom stereocenters. The predicted octanol–water partition coefficient (Wildman–Crippen LogP) is 3.56. The van der Waals surface area contributed by atoms with Crippen LogP contribution in [-0.2, 0) is 0 Å². The molecule has 1 aliphatic heterocycles. The number of amides is 1. The van der Waals surface area contributed by atoms with Crippen LogP contribution in [0.4, 0.5) is 5.69 Å². The Kier molecular flexibility index (Phi) is 5.46. The summed E-state index contributed by atoms with van der Waals surface area (Å²) in [6.07, 6.45) is 4.10. The highest BCUT2D eigenvalue weighted by molar-refractivity contribution is 6.01. The van der Waals surface area contributed by atoms with Crippen molar-refractivity contribution in [3.8, 4) is 29.2 Å². The summed E-state index contributed by atoms with van der Waals surface area (Å²) in [5.74, 6) is 1.54. The zero-order chi connectivity index (χ0) is 21.3. The summed E-state index contributed by atoms with van der Waals surface area (Å²) >= 11 is 0. The summed E-state index contributed by atoms with van der Waals surface area (Å²) in [5.41, 5.74) is 1.27. The van der Waals surface area contributed by atoms with Crippen LogP contribution in [0.15, 0.2) is 24.4 Å². The first-order valence-corrected chi connectivity index (χ1v) is 10.1. The maximum Gasteiger partial charge on any atom is 0.265 e. The summed E-state index contributed by atoms with van der Waals surface area (Å²) in [5, 5.41) is 24.8. The lowest BCUT2D eigenvalue weighted by atomic mass is 10.1. The van der Waals surface area contributed by atoms with Crippen molar-refractivity contribution in [2.75, 3.05) is 11.9 Å². The number of hydrogen-bond acceptors (Lipinski definition) is 7. The molecule has 3 N–H and O–H groups in total. The highest BCUT2D eigenvalue weighted by Gasteiger charge is 2.34. The molecule has 8 nitrogen and oxygen atoms in total. The number of carbonyl (C=O) groups is 1. The lowest BCUT2D eigenvalue weighted by Crippen LogP contribution is -2.37.